The van der Waals surface area contributed by atoms with Gasteiger partial charge in [0.1, 0.15) is 0 Å². The first-order valence-corrected chi connectivity index (χ1v) is 7.95. The lowest BCUT2D eigenvalue weighted by atomic mass is 10.2. The summed E-state index contributed by atoms with van der Waals surface area (Å²) in [6.45, 7) is 0. The number of amides is 1. The fraction of sp³-hybridized carbons (Fsp3) is 0. The van der Waals surface area contributed by atoms with E-state index in [1.54, 1.807) is 12.1 Å². The van der Waals surface area contributed by atoms with Gasteiger partial charge in [-0.05, 0) is 56.1 Å². The fourth-order valence-corrected chi connectivity index (χ4v) is 4.45. The molecule has 0 radical (unpaired) electrons. The smallest absolute Gasteiger partial charge is 0.337 e. The van der Waals surface area contributed by atoms with Crippen LogP contribution in [-0.2, 0) is 0 Å². The van der Waals surface area contributed by atoms with Gasteiger partial charge in [0, 0.05) is 5.69 Å². The van der Waals surface area contributed by atoms with E-state index >= 15 is 0 Å². The highest BCUT2D eigenvalue weighted by Crippen LogP contribution is 2.32. The van der Waals surface area contributed by atoms with Gasteiger partial charge in [0.15, 0.2) is 0 Å². The zero-order chi connectivity index (χ0) is 14.9. The van der Waals surface area contributed by atoms with Gasteiger partial charge in [-0.15, -0.1) is 11.3 Å². The third kappa shape index (κ3) is 3.41. The molecule has 1 heterocycles. The average Bonchev–Trinajstić information content (AvgIpc) is 2.70. The molecule has 2 aromatic rings. The van der Waals surface area contributed by atoms with E-state index in [0.717, 1.165) is 3.79 Å². The van der Waals surface area contributed by atoms with E-state index in [9.17, 15) is 9.59 Å². The highest BCUT2D eigenvalue weighted by molar-refractivity contribution is 9.12. The Bertz CT molecular complexity index is 702. The maximum absolute atomic E-state index is 12.1. The molecular weight excluding hydrogens is 433 g/mol. The SMILES string of the molecule is O=C(O)c1cc(NC(=O)c2cc(Br)sc2Br)ccc1Cl. The van der Waals surface area contributed by atoms with Crippen molar-refractivity contribution in [3.8, 4) is 0 Å². The molecule has 0 aliphatic rings. The lowest BCUT2D eigenvalue weighted by molar-refractivity contribution is 0.0696. The molecule has 0 atom stereocenters. The summed E-state index contributed by atoms with van der Waals surface area (Å²) in [5.74, 6) is -1.48. The Morgan fingerprint density at radius 2 is 1.90 bits per heavy atom. The summed E-state index contributed by atoms with van der Waals surface area (Å²) in [7, 11) is 0. The molecule has 4 nitrogen and oxygen atoms in total. The van der Waals surface area contributed by atoms with Crippen molar-refractivity contribution in [1.82, 2.24) is 0 Å². The van der Waals surface area contributed by atoms with E-state index in [4.69, 9.17) is 16.7 Å². The van der Waals surface area contributed by atoms with E-state index in [0.29, 0.717) is 15.0 Å². The quantitative estimate of drug-likeness (QED) is 0.717. The van der Waals surface area contributed by atoms with Crippen LogP contribution in [0.3, 0.4) is 0 Å². The molecule has 20 heavy (non-hydrogen) atoms. The van der Waals surface area contributed by atoms with Crippen LogP contribution in [0.5, 0.6) is 0 Å². The summed E-state index contributed by atoms with van der Waals surface area (Å²) in [5.41, 5.74) is 0.773. The molecule has 104 valence electrons. The number of rotatable bonds is 3. The van der Waals surface area contributed by atoms with Gasteiger partial charge < -0.3 is 10.4 Å². The molecule has 0 unspecified atom stereocenters. The van der Waals surface area contributed by atoms with Crippen LogP contribution in [0, 0.1) is 0 Å². The lowest BCUT2D eigenvalue weighted by Gasteiger charge is -2.06. The molecule has 0 saturated carbocycles. The Labute approximate surface area is 140 Å². The maximum atomic E-state index is 12.1. The fourth-order valence-electron chi connectivity index (χ4n) is 1.46. The molecule has 0 saturated heterocycles. The Balaban J connectivity index is 2.26. The zero-order valence-electron chi connectivity index (χ0n) is 9.62. The van der Waals surface area contributed by atoms with Crippen molar-refractivity contribution in [2.24, 2.45) is 0 Å². The molecular formula is C12H6Br2ClNO3S. The molecule has 1 amide bonds. The average molecular weight is 440 g/mol. The van der Waals surface area contributed by atoms with E-state index in [1.165, 1.54) is 23.5 Å². The van der Waals surface area contributed by atoms with E-state index in [1.807, 2.05) is 0 Å². The number of halogens is 3. The highest BCUT2D eigenvalue weighted by Gasteiger charge is 2.15. The highest BCUT2D eigenvalue weighted by atomic mass is 79.9. The van der Waals surface area contributed by atoms with Crippen LogP contribution in [0.2, 0.25) is 5.02 Å². The normalized spacial score (nSPS) is 10.3. The molecule has 1 aromatic heterocycles. The number of carbonyl (C=O) groups excluding carboxylic acids is 1. The van der Waals surface area contributed by atoms with E-state index < -0.39 is 5.97 Å². The first-order valence-electron chi connectivity index (χ1n) is 5.17. The van der Waals surface area contributed by atoms with E-state index in [-0.39, 0.29) is 16.5 Å². The molecule has 0 aliphatic heterocycles. The van der Waals surface area contributed by atoms with Crippen molar-refractivity contribution < 1.29 is 14.7 Å². The first-order chi connectivity index (χ1) is 9.38. The van der Waals surface area contributed by atoms with Gasteiger partial charge in [0.25, 0.3) is 5.91 Å². The number of anilines is 1. The second kappa shape index (κ2) is 6.26. The van der Waals surface area contributed by atoms with Crippen molar-refractivity contribution in [1.29, 1.82) is 0 Å². The number of hydrogen-bond acceptors (Lipinski definition) is 3. The predicted octanol–water partition coefficient (Wildman–Crippen LogP) is 4.88. The van der Waals surface area contributed by atoms with Crippen molar-refractivity contribution >= 4 is 72.4 Å². The van der Waals surface area contributed by atoms with Gasteiger partial charge in [-0.25, -0.2) is 4.79 Å². The number of carboxylic acids is 1. The minimum atomic E-state index is -1.15. The summed E-state index contributed by atoms with van der Waals surface area (Å²) in [6.07, 6.45) is 0. The number of benzene rings is 1. The molecule has 8 heteroatoms. The molecule has 2 N–H and O–H groups in total. The molecule has 0 aliphatic carbocycles. The summed E-state index contributed by atoms with van der Waals surface area (Å²) in [4.78, 5) is 23.1. The largest absolute Gasteiger partial charge is 0.478 e. The molecule has 1 aromatic carbocycles. The Morgan fingerprint density at radius 3 is 2.45 bits per heavy atom. The first kappa shape index (κ1) is 15.5. The summed E-state index contributed by atoms with van der Waals surface area (Å²) in [6, 6.07) is 5.97. The second-order valence-electron chi connectivity index (χ2n) is 3.69. The monoisotopic (exact) mass is 437 g/mol. The van der Waals surface area contributed by atoms with Crippen LogP contribution in [0.1, 0.15) is 20.7 Å². The molecule has 0 bridgehead atoms. The minimum absolute atomic E-state index is 0.0602. The van der Waals surface area contributed by atoms with Crippen molar-refractivity contribution in [3.63, 3.8) is 0 Å². The number of aromatic carboxylic acids is 1. The van der Waals surface area contributed by atoms with Crippen molar-refractivity contribution in [2.45, 2.75) is 0 Å². The van der Waals surface area contributed by atoms with Crippen LogP contribution in [0.25, 0.3) is 0 Å². The van der Waals surface area contributed by atoms with Gasteiger partial charge in [-0.2, -0.15) is 0 Å². The van der Waals surface area contributed by atoms with Crippen LogP contribution in [0.4, 0.5) is 5.69 Å². The Morgan fingerprint density at radius 1 is 1.20 bits per heavy atom. The number of thiophene rings is 1. The topological polar surface area (TPSA) is 66.4 Å². The van der Waals surface area contributed by atoms with E-state index in [2.05, 4.69) is 37.2 Å². The molecule has 2 rings (SSSR count). The zero-order valence-corrected chi connectivity index (χ0v) is 14.4. The van der Waals surface area contributed by atoms with Gasteiger partial charge in [0.05, 0.1) is 23.7 Å². The second-order valence-corrected chi connectivity index (χ2v) is 7.85. The van der Waals surface area contributed by atoms with Crippen LogP contribution in [-0.4, -0.2) is 17.0 Å². The maximum Gasteiger partial charge on any atom is 0.337 e. The Hall–Kier alpha value is -0.890. The van der Waals surface area contributed by atoms with Gasteiger partial charge >= 0.3 is 5.97 Å². The summed E-state index contributed by atoms with van der Waals surface area (Å²) >= 11 is 13.7. The predicted molar refractivity (Wildman–Crippen MR) is 86.1 cm³/mol. The van der Waals surface area contributed by atoms with Gasteiger partial charge in [-0.3, -0.25) is 4.79 Å². The minimum Gasteiger partial charge on any atom is -0.478 e. The molecule has 0 fully saturated rings. The number of hydrogen-bond donors (Lipinski definition) is 2. The van der Waals surface area contributed by atoms with Crippen LogP contribution in [0.15, 0.2) is 31.8 Å². The third-order valence-corrected chi connectivity index (χ3v) is 5.02. The summed E-state index contributed by atoms with van der Waals surface area (Å²) in [5, 5.41) is 11.7. The van der Waals surface area contributed by atoms with Crippen molar-refractivity contribution in [2.75, 3.05) is 5.32 Å². The third-order valence-electron chi connectivity index (χ3n) is 2.36. The van der Waals surface area contributed by atoms with Gasteiger partial charge in [-0.1, -0.05) is 11.6 Å². The lowest BCUT2D eigenvalue weighted by Crippen LogP contribution is -2.12. The number of nitrogens with one attached hydrogen (secondary N) is 1. The number of carboxylic acid groups (broad SMARTS) is 1. The molecule has 0 spiro atoms. The summed E-state index contributed by atoms with van der Waals surface area (Å²) < 4.78 is 1.51. The van der Waals surface area contributed by atoms with Gasteiger partial charge in [0.2, 0.25) is 0 Å². The standard InChI is InChI=1S/C12H6Br2ClNO3S/c13-9-4-7(10(14)20-9)11(17)16-5-1-2-8(15)6(3-5)12(18)19/h1-4H,(H,16,17)(H,18,19). The Kier molecular flexibility index (Phi) is 4.85. The number of carbonyl (C=O) groups is 2. The van der Waals surface area contributed by atoms with Crippen LogP contribution < -0.4 is 5.32 Å². The van der Waals surface area contributed by atoms with Crippen LogP contribution >= 0.6 is 54.8 Å². The van der Waals surface area contributed by atoms with Crippen molar-refractivity contribution in [3.05, 3.63) is 48.0 Å².